The molecule has 50 heavy (non-hydrogen) atoms. The van der Waals surface area contributed by atoms with Crippen molar-refractivity contribution in [2.75, 3.05) is 4.90 Å². The zero-order valence-corrected chi connectivity index (χ0v) is 28.1. The van der Waals surface area contributed by atoms with Gasteiger partial charge in [0.25, 0.3) is 0 Å². The first-order chi connectivity index (χ1) is 24.8. The summed E-state index contributed by atoms with van der Waals surface area (Å²) in [5.41, 5.74) is 8.40. The molecule has 1 aromatic heterocycles. The molecule has 10 rings (SSSR count). The molecule has 0 aliphatic heterocycles. The van der Waals surface area contributed by atoms with E-state index < -0.39 is 0 Å². The Morgan fingerprint density at radius 2 is 0.960 bits per heavy atom. The highest BCUT2D eigenvalue weighted by Crippen LogP contribution is 2.45. The van der Waals surface area contributed by atoms with Gasteiger partial charge in [0.15, 0.2) is 0 Å². The second kappa shape index (κ2) is 11.7. The molecule has 234 valence electrons. The van der Waals surface area contributed by atoms with Crippen LogP contribution in [0.25, 0.3) is 74.7 Å². The molecule has 0 fully saturated rings. The van der Waals surface area contributed by atoms with Crippen LogP contribution in [0.15, 0.2) is 188 Å². The van der Waals surface area contributed by atoms with Crippen molar-refractivity contribution in [2.24, 2.45) is 0 Å². The molecule has 0 radical (unpaired) electrons. The lowest BCUT2D eigenvalue weighted by Crippen LogP contribution is -2.10. The van der Waals surface area contributed by atoms with Crippen molar-refractivity contribution in [3.8, 4) is 22.3 Å². The molecule has 10 aromatic rings. The Morgan fingerprint density at radius 3 is 1.82 bits per heavy atom. The van der Waals surface area contributed by atoms with Gasteiger partial charge in [0, 0.05) is 36.9 Å². The minimum atomic E-state index is 1.14. The third kappa shape index (κ3) is 4.76. The van der Waals surface area contributed by atoms with E-state index in [1.165, 1.54) is 80.4 Å². The standard InChI is InChI=1S/C48H31NS/c1-2-10-32(11-3-1)33-20-22-36(23-21-33)43-17-9-19-47-48(43)44-31-39(27-29-46(44)50-47)49(45-18-8-14-34-12-5-7-16-42(34)45)38-26-28-41-37(30-38)25-24-35-13-4-6-15-40(35)41/h1-31H. The fourth-order valence-electron chi connectivity index (χ4n) is 7.64. The van der Waals surface area contributed by atoms with Crippen molar-refractivity contribution >= 4 is 80.9 Å². The van der Waals surface area contributed by atoms with Gasteiger partial charge < -0.3 is 4.90 Å². The van der Waals surface area contributed by atoms with Crippen molar-refractivity contribution < 1.29 is 0 Å². The first-order valence-electron chi connectivity index (χ1n) is 17.1. The quantitative estimate of drug-likeness (QED) is 0.167. The molecular formula is C48H31NS. The van der Waals surface area contributed by atoms with Crippen LogP contribution in [0.1, 0.15) is 0 Å². The fraction of sp³-hybridized carbons (Fsp3) is 0. The Kier molecular flexibility index (Phi) is 6.75. The smallest absolute Gasteiger partial charge is 0.0540 e. The molecule has 1 nitrogen and oxygen atoms in total. The van der Waals surface area contributed by atoms with Gasteiger partial charge in [-0.3, -0.25) is 0 Å². The molecule has 0 aliphatic rings. The van der Waals surface area contributed by atoms with Crippen LogP contribution in [-0.4, -0.2) is 0 Å². The summed E-state index contributed by atoms with van der Waals surface area (Å²) in [6, 6.07) is 68.8. The lowest BCUT2D eigenvalue weighted by molar-refractivity contribution is 1.31. The van der Waals surface area contributed by atoms with E-state index in [2.05, 4.69) is 193 Å². The largest absolute Gasteiger partial charge is 0.310 e. The summed E-state index contributed by atoms with van der Waals surface area (Å²) in [5.74, 6) is 0. The lowest BCUT2D eigenvalue weighted by Gasteiger charge is -2.27. The molecule has 0 amide bonds. The summed E-state index contributed by atoms with van der Waals surface area (Å²) < 4.78 is 2.59. The van der Waals surface area contributed by atoms with E-state index in [4.69, 9.17) is 0 Å². The molecule has 1 heterocycles. The van der Waals surface area contributed by atoms with Gasteiger partial charge in [0.1, 0.15) is 0 Å². The number of nitrogens with zero attached hydrogens (tertiary/aromatic N) is 1. The van der Waals surface area contributed by atoms with Crippen LogP contribution in [0, 0.1) is 0 Å². The van der Waals surface area contributed by atoms with Gasteiger partial charge in [0.05, 0.1) is 5.69 Å². The number of thiophene rings is 1. The topological polar surface area (TPSA) is 3.24 Å². The Bertz CT molecular complexity index is 2860. The minimum Gasteiger partial charge on any atom is -0.310 e. The summed E-state index contributed by atoms with van der Waals surface area (Å²) in [7, 11) is 0. The van der Waals surface area contributed by atoms with Crippen LogP contribution in [-0.2, 0) is 0 Å². The molecule has 2 heteroatoms. The molecule has 0 atom stereocenters. The predicted octanol–water partition coefficient (Wildman–Crippen LogP) is 14.3. The number of anilines is 3. The van der Waals surface area contributed by atoms with Gasteiger partial charge in [-0.2, -0.15) is 0 Å². The Labute approximate surface area is 294 Å². The van der Waals surface area contributed by atoms with Crippen LogP contribution in [0.2, 0.25) is 0 Å². The third-order valence-corrected chi connectivity index (χ3v) is 11.2. The van der Waals surface area contributed by atoms with Crippen molar-refractivity contribution in [2.45, 2.75) is 0 Å². The van der Waals surface area contributed by atoms with Gasteiger partial charge in [-0.15, -0.1) is 11.3 Å². The van der Waals surface area contributed by atoms with Crippen LogP contribution in [0.3, 0.4) is 0 Å². The van der Waals surface area contributed by atoms with Crippen LogP contribution in [0.5, 0.6) is 0 Å². The van der Waals surface area contributed by atoms with E-state index in [0.29, 0.717) is 0 Å². The molecular weight excluding hydrogens is 623 g/mol. The summed E-state index contributed by atoms with van der Waals surface area (Å²) in [6.45, 7) is 0. The summed E-state index contributed by atoms with van der Waals surface area (Å²) in [5, 5.41) is 10.1. The van der Waals surface area contributed by atoms with E-state index in [9.17, 15) is 0 Å². The van der Waals surface area contributed by atoms with Gasteiger partial charge >= 0.3 is 0 Å². The van der Waals surface area contributed by atoms with Gasteiger partial charge in [-0.25, -0.2) is 0 Å². The van der Waals surface area contributed by atoms with E-state index in [1.54, 1.807) is 0 Å². The third-order valence-electron chi connectivity index (χ3n) is 10.0. The summed E-state index contributed by atoms with van der Waals surface area (Å²) >= 11 is 1.87. The average Bonchev–Trinajstić information content (AvgIpc) is 3.57. The normalized spacial score (nSPS) is 11.6. The van der Waals surface area contributed by atoms with Crippen LogP contribution < -0.4 is 4.90 Å². The highest BCUT2D eigenvalue weighted by Gasteiger charge is 2.19. The Morgan fingerprint density at radius 1 is 0.340 bits per heavy atom. The minimum absolute atomic E-state index is 1.14. The van der Waals surface area contributed by atoms with Gasteiger partial charge in [-0.1, -0.05) is 146 Å². The van der Waals surface area contributed by atoms with E-state index in [0.717, 1.165) is 11.4 Å². The first kappa shape index (κ1) is 28.8. The Balaban J connectivity index is 1.18. The van der Waals surface area contributed by atoms with Crippen LogP contribution >= 0.6 is 11.3 Å². The van der Waals surface area contributed by atoms with E-state index in [1.807, 2.05) is 11.3 Å². The second-order valence-corrected chi connectivity index (χ2v) is 14.0. The van der Waals surface area contributed by atoms with E-state index >= 15 is 0 Å². The number of hydrogen-bond donors (Lipinski definition) is 0. The number of benzene rings is 9. The Hall–Kier alpha value is -6.22. The van der Waals surface area contributed by atoms with Crippen molar-refractivity contribution in [3.63, 3.8) is 0 Å². The maximum atomic E-state index is 2.44. The molecule has 0 spiro atoms. The maximum Gasteiger partial charge on any atom is 0.0540 e. The molecule has 0 N–H and O–H groups in total. The van der Waals surface area contributed by atoms with Crippen molar-refractivity contribution in [3.05, 3.63) is 188 Å². The van der Waals surface area contributed by atoms with Gasteiger partial charge in [-0.05, 0) is 91.6 Å². The molecule has 0 saturated carbocycles. The van der Waals surface area contributed by atoms with Crippen molar-refractivity contribution in [1.82, 2.24) is 0 Å². The van der Waals surface area contributed by atoms with Gasteiger partial charge in [0.2, 0.25) is 0 Å². The molecule has 0 saturated heterocycles. The first-order valence-corrected chi connectivity index (χ1v) is 17.9. The zero-order chi connectivity index (χ0) is 33.0. The monoisotopic (exact) mass is 653 g/mol. The van der Waals surface area contributed by atoms with Crippen LogP contribution in [0.4, 0.5) is 17.1 Å². The maximum absolute atomic E-state index is 2.44. The predicted molar refractivity (Wildman–Crippen MR) is 217 cm³/mol. The number of rotatable bonds is 5. The zero-order valence-electron chi connectivity index (χ0n) is 27.3. The molecule has 0 aliphatic carbocycles. The number of hydrogen-bond acceptors (Lipinski definition) is 2. The molecule has 0 unspecified atom stereocenters. The number of fused-ring (bicyclic) bond motifs is 7. The SMILES string of the molecule is c1ccc(-c2ccc(-c3cccc4sc5ccc(N(c6ccc7c(ccc8ccccc87)c6)c6cccc7ccccc67)cc5c34)cc2)cc1. The highest BCUT2D eigenvalue weighted by molar-refractivity contribution is 7.26. The summed E-state index contributed by atoms with van der Waals surface area (Å²) in [6.07, 6.45) is 0. The highest BCUT2D eigenvalue weighted by atomic mass is 32.1. The fourth-order valence-corrected chi connectivity index (χ4v) is 8.75. The summed E-state index contributed by atoms with van der Waals surface area (Å²) in [4.78, 5) is 2.44. The average molecular weight is 654 g/mol. The van der Waals surface area contributed by atoms with E-state index in [-0.39, 0.29) is 0 Å². The molecule has 9 aromatic carbocycles. The molecule has 0 bridgehead atoms. The lowest BCUT2D eigenvalue weighted by atomic mass is 9.96. The second-order valence-electron chi connectivity index (χ2n) is 12.9. The van der Waals surface area contributed by atoms with Crippen molar-refractivity contribution in [1.29, 1.82) is 0 Å².